The van der Waals surface area contributed by atoms with Crippen molar-refractivity contribution in [2.45, 2.75) is 62.5 Å². The molecule has 0 unspecified atom stereocenters. The van der Waals surface area contributed by atoms with Crippen LogP contribution in [0.3, 0.4) is 0 Å². The van der Waals surface area contributed by atoms with Gasteiger partial charge in [0.05, 0.1) is 36.7 Å². The summed E-state index contributed by atoms with van der Waals surface area (Å²) in [4.78, 5) is 15.5. The molecule has 11 nitrogen and oxygen atoms in total. The molecular weight excluding hydrogens is 591 g/mol. The van der Waals surface area contributed by atoms with Crippen LogP contribution < -0.4 is 9.46 Å². The highest BCUT2D eigenvalue weighted by Gasteiger charge is 2.32. The Balaban J connectivity index is 1.98. The van der Waals surface area contributed by atoms with Crippen LogP contribution >= 0.6 is 11.3 Å². The second-order valence-electron chi connectivity index (χ2n) is 10.6. The van der Waals surface area contributed by atoms with Gasteiger partial charge < -0.3 is 19.5 Å². The first-order valence-corrected chi connectivity index (χ1v) is 17.8. The normalized spacial score (nSPS) is 22.5. The number of nitrogens with zero attached hydrogens (tertiary/aromatic N) is 2. The molecule has 0 saturated carbocycles. The van der Waals surface area contributed by atoms with Gasteiger partial charge in [0.25, 0.3) is 15.9 Å². The van der Waals surface area contributed by atoms with Crippen molar-refractivity contribution in [3.63, 3.8) is 0 Å². The molecule has 1 aliphatic heterocycles. The fraction of sp³-hybridized carbons (Fsp3) is 0.593. The number of amides is 1. The van der Waals surface area contributed by atoms with E-state index in [-0.39, 0.29) is 47.2 Å². The van der Waals surface area contributed by atoms with Crippen LogP contribution in [0.4, 0.5) is 5.69 Å². The van der Waals surface area contributed by atoms with E-state index >= 15 is 0 Å². The first-order chi connectivity index (χ1) is 19.2. The predicted molar refractivity (Wildman–Crippen MR) is 159 cm³/mol. The minimum Gasteiger partial charge on any atom is -0.490 e. The third kappa shape index (κ3) is 9.13. The van der Waals surface area contributed by atoms with Crippen LogP contribution in [0, 0.1) is 5.92 Å². The lowest BCUT2D eigenvalue weighted by Crippen LogP contribution is -2.48. The Kier molecular flexibility index (Phi) is 11.6. The van der Waals surface area contributed by atoms with Crippen LogP contribution in [0.15, 0.2) is 39.9 Å². The number of sulfonamides is 2. The van der Waals surface area contributed by atoms with Crippen molar-refractivity contribution >= 4 is 43.0 Å². The zero-order valence-electron chi connectivity index (χ0n) is 24.1. The van der Waals surface area contributed by atoms with Crippen LogP contribution in [-0.4, -0.2) is 94.9 Å². The number of hydrogen-bond acceptors (Lipinski definition) is 9. The van der Waals surface area contributed by atoms with Gasteiger partial charge in [-0.1, -0.05) is 13.0 Å². The minimum absolute atomic E-state index is 0.0788. The van der Waals surface area contributed by atoms with E-state index in [0.29, 0.717) is 18.8 Å². The molecule has 3 rings (SSSR count). The molecular formula is C27H41N3O8S3. The highest BCUT2D eigenvalue weighted by molar-refractivity contribution is 7.92. The number of aliphatic hydroxyl groups is 1. The molecule has 2 heterocycles. The standard InChI is InChI=1S/C27H41N3O8S3/c1-19-16-30(20(2)18-31)27(32)23-15-22(28-40(5,33)34)11-12-24(23)38-21(3)9-6-7-13-37-25(19)17-29(4)41(35,36)26-10-8-14-39-26/h8,10-12,14-15,19-21,25,28,31H,6-7,9,13,16-18H2,1-5H3/t19-,20+,21-,25-/m0/s1. The van der Waals surface area contributed by atoms with Crippen molar-refractivity contribution in [2.75, 3.05) is 44.3 Å². The first-order valence-electron chi connectivity index (χ1n) is 13.5. The third-order valence-electron chi connectivity index (χ3n) is 6.95. The molecule has 2 aromatic rings. The van der Waals surface area contributed by atoms with Crippen LogP contribution in [0.1, 0.15) is 50.4 Å². The Bertz CT molecular complexity index is 1370. The molecule has 0 fully saturated rings. The number of hydrogen-bond donors (Lipinski definition) is 2. The lowest BCUT2D eigenvalue weighted by Gasteiger charge is -2.35. The van der Waals surface area contributed by atoms with Gasteiger partial charge in [0.15, 0.2) is 0 Å². The van der Waals surface area contributed by atoms with Crippen molar-refractivity contribution in [3.8, 4) is 5.75 Å². The smallest absolute Gasteiger partial charge is 0.258 e. The average Bonchev–Trinajstić information content (AvgIpc) is 3.45. The Morgan fingerprint density at radius 3 is 2.56 bits per heavy atom. The van der Waals surface area contributed by atoms with Gasteiger partial charge in [-0.25, -0.2) is 16.8 Å². The summed E-state index contributed by atoms with van der Waals surface area (Å²) in [5.74, 6) is -0.457. The van der Waals surface area contributed by atoms with Crippen molar-refractivity contribution in [3.05, 3.63) is 41.3 Å². The molecule has 0 saturated heterocycles. The molecule has 1 amide bonds. The number of fused-ring (bicyclic) bond motifs is 1. The number of thiophene rings is 1. The Labute approximate surface area is 247 Å². The Morgan fingerprint density at radius 2 is 1.93 bits per heavy atom. The van der Waals surface area contributed by atoms with E-state index in [0.717, 1.165) is 30.4 Å². The second-order valence-corrected chi connectivity index (χ2v) is 15.6. The fourth-order valence-electron chi connectivity index (χ4n) is 4.58. The van der Waals surface area contributed by atoms with Crippen LogP contribution in [0.5, 0.6) is 5.75 Å². The lowest BCUT2D eigenvalue weighted by molar-refractivity contribution is -0.00832. The number of anilines is 1. The summed E-state index contributed by atoms with van der Waals surface area (Å²) in [7, 11) is -5.79. The molecule has 0 radical (unpaired) electrons. The maximum Gasteiger partial charge on any atom is 0.258 e. The van der Waals surface area contributed by atoms with Crippen LogP contribution in [-0.2, 0) is 24.8 Å². The summed E-state index contributed by atoms with van der Waals surface area (Å²) in [5.41, 5.74) is 0.369. The Hall–Kier alpha value is -2.23. The van der Waals surface area contributed by atoms with Crippen molar-refractivity contribution in [2.24, 2.45) is 5.92 Å². The maximum absolute atomic E-state index is 14.0. The van der Waals surface area contributed by atoms with Gasteiger partial charge in [-0.3, -0.25) is 9.52 Å². The molecule has 0 bridgehead atoms. The third-order valence-corrected chi connectivity index (χ3v) is 10.8. The minimum atomic E-state index is -3.71. The molecule has 2 N–H and O–H groups in total. The highest BCUT2D eigenvalue weighted by Crippen LogP contribution is 2.29. The van der Waals surface area contributed by atoms with Crippen molar-refractivity contribution in [1.29, 1.82) is 0 Å². The number of rotatable bonds is 8. The van der Waals surface area contributed by atoms with E-state index in [1.807, 2.05) is 13.8 Å². The summed E-state index contributed by atoms with van der Waals surface area (Å²) in [5, 5.41) is 11.8. The molecule has 0 aliphatic carbocycles. The van der Waals surface area contributed by atoms with E-state index in [1.54, 1.807) is 36.6 Å². The molecule has 1 aromatic heterocycles. The second kappa shape index (κ2) is 14.3. The van der Waals surface area contributed by atoms with Crippen LogP contribution in [0.2, 0.25) is 0 Å². The summed E-state index contributed by atoms with van der Waals surface area (Å²) in [6, 6.07) is 7.21. The van der Waals surface area contributed by atoms with Gasteiger partial charge in [-0.15, -0.1) is 11.3 Å². The van der Waals surface area contributed by atoms with Gasteiger partial charge in [-0.05, 0) is 62.8 Å². The van der Waals surface area contributed by atoms with Gasteiger partial charge >= 0.3 is 0 Å². The van der Waals surface area contributed by atoms with E-state index in [9.17, 15) is 26.7 Å². The molecule has 230 valence electrons. The number of carbonyl (C=O) groups is 1. The summed E-state index contributed by atoms with van der Waals surface area (Å²) < 4.78 is 66.3. The Morgan fingerprint density at radius 1 is 1.20 bits per heavy atom. The predicted octanol–water partition coefficient (Wildman–Crippen LogP) is 3.24. The SMILES string of the molecule is C[C@H](CO)N1C[C@H](C)[C@H](CN(C)S(=O)(=O)c2cccs2)OCCCC[C@H](C)Oc2ccc(NS(C)(=O)=O)cc2C1=O. The number of carbonyl (C=O) groups excluding carboxylic acids is 1. The van der Waals surface area contributed by atoms with E-state index < -0.39 is 38.1 Å². The zero-order valence-corrected chi connectivity index (χ0v) is 26.6. The maximum atomic E-state index is 14.0. The van der Waals surface area contributed by atoms with Gasteiger partial charge in [-0.2, -0.15) is 4.31 Å². The van der Waals surface area contributed by atoms with Crippen molar-refractivity contribution in [1.82, 2.24) is 9.21 Å². The monoisotopic (exact) mass is 631 g/mol. The summed E-state index contributed by atoms with van der Waals surface area (Å²) in [6.07, 6.45) is 2.46. The van der Waals surface area contributed by atoms with E-state index in [4.69, 9.17) is 9.47 Å². The number of likely N-dealkylation sites (N-methyl/N-ethyl adjacent to an activating group) is 1. The average molecular weight is 632 g/mol. The summed E-state index contributed by atoms with van der Waals surface area (Å²) >= 11 is 1.14. The molecule has 4 atom stereocenters. The largest absolute Gasteiger partial charge is 0.490 e. The van der Waals surface area contributed by atoms with E-state index in [2.05, 4.69) is 4.72 Å². The van der Waals surface area contributed by atoms with Crippen molar-refractivity contribution < 1.29 is 36.2 Å². The van der Waals surface area contributed by atoms with Gasteiger partial charge in [0.2, 0.25) is 10.0 Å². The quantitative estimate of drug-likeness (QED) is 0.452. The fourth-order valence-corrected chi connectivity index (χ4v) is 7.52. The number of ether oxygens (including phenoxy) is 2. The topological polar surface area (TPSA) is 143 Å². The van der Waals surface area contributed by atoms with E-state index in [1.165, 1.54) is 22.3 Å². The molecule has 1 aromatic carbocycles. The summed E-state index contributed by atoms with van der Waals surface area (Å²) in [6.45, 7) is 5.81. The van der Waals surface area contributed by atoms with Gasteiger partial charge in [0, 0.05) is 38.3 Å². The number of benzene rings is 1. The zero-order chi connectivity index (χ0) is 30.4. The number of nitrogens with one attached hydrogen (secondary N) is 1. The van der Waals surface area contributed by atoms with Crippen LogP contribution in [0.25, 0.3) is 0 Å². The molecule has 0 spiro atoms. The molecule has 41 heavy (non-hydrogen) atoms. The molecule has 1 aliphatic rings. The molecule has 14 heteroatoms. The first kappa shape index (κ1) is 33.3. The number of aliphatic hydroxyl groups excluding tert-OH is 1. The van der Waals surface area contributed by atoms with Gasteiger partial charge in [0.1, 0.15) is 9.96 Å². The highest BCUT2D eigenvalue weighted by atomic mass is 32.2. The lowest BCUT2D eigenvalue weighted by atomic mass is 10.0.